The summed E-state index contributed by atoms with van der Waals surface area (Å²) < 4.78 is 6.85. The Kier molecular flexibility index (Phi) is 7.13. The molecule has 9 heteroatoms. The largest absolute Gasteiger partial charge is 0.497 e. The second-order valence-electron chi connectivity index (χ2n) is 6.47. The number of ether oxygens (including phenoxy) is 1. The van der Waals surface area contributed by atoms with E-state index < -0.39 is 0 Å². The van der Waals surface area contributed by atoms with Gasteiger partial charge in [0.2, 0.25) is 5.91 Å². The van der Waals surface area contributed by atoms with Crippen molar-refractivity contribution < 1.29 is 9.53 Å². The van der Waals surface area contributed by atoms with Crippen LogP contribution in [0.3, 0.4) is 0 Å². The number of fused-ring (bicyclic) bond motifs is 1. The molecule has 0 atom stereocenters. The molecule has 0 aliphatic heterocycles. The second kappa shape index (κ2) is 9.78. The topological polar surface area (TPSA) is 97.0 Å². The highest BCUT2D eigenvalue weighted by molar-refractivity contribution is 7.99. The highest BCUT2D eigenvalue weighted by Crippen LogP contribution is 2.31. The van der Waals surface area contributed by atoms with Crippen LogP contribution >= 0.6 is 23.1 Å². The van der Waals surface area contributed by atoms with Crippen molar-refractivity contribution in [3.63, 3.8) is 0 Å². The quantitative estimate of drug-likeness (QED) is 0.326. The average molecular weight is 443 g/mol. The predicted molar refractivity (Wildman–Crippen MR) is 120 cm³/mol. The summed E-state index contributed by atoms with van der Waals surface area (Å²) in [6.07, 6.45) is 1.08. The number of nitrogens with one attached hydrogen (secondary N) is 1. The molecule has 0 saturated carbocycles. The van der Waals surface area contributed by atoms with Crippen LogP contribution in [0.1, 0.15) is 23.8 Å². The van der Waals surface area contributed by atoms with Crippen LogP contribution in [0.4, 0.5) is 0 Å². The fourth-order valence-electron chi connectivity index (χ4n) is 3.06. The van der Waals surface area contributed by atoms with Crippen LogP contribution in [0, 0.1) is 18.3 Å². The Labute approximate surface area is 182 Å². The molecular weight excluding hydrogens is 420 g/mol. The van der Waals surface area contributed by atoms with E-state index in [1.807, 2.05) is 25.1 Å². The minimum Gasteiger partial charge on any atom is -0.497 e. The number of carbonyl (C=O) groups is 1. The summed E-state index contributed by atoms with van der Waals surface area (Å²) >= 11 is 2.71. The number of thioether (sulfide) groups is 1. The molecule has 3 aromatic rings. The Bertz CT molecular complexity index is 1180. The van der Waals surface area contributed by atoms with Gasteiger partial charge in [-0.2, -0.15) is 5.26 Å². The van der Waals surface area contributed by atoms with Gasteiger partial charge in [-0.3, -0.25) is 14.2 Å². The van der Waals surface area contributed by atoms with Crippen molar-refractivity contribution in [1.82, 2.24) is 14.9 Å². The first-order valence-corrected chi connectivity index (χ1v) is 11.3. The van der Waals surface area contributed by atoms with E-state index in [1.165, 1.54) is 27.7 Å². The molecule has 3 rings (SSSR count). The molecule has 2 heterocycles. The number of aromatic nitrogens is 2. The molecule has 0 fully saturated rings. The van der Waals surface area contributed by atoms with Crippen LogP contribution in [-0.2, 0) is 11.2 Å². The summed E-state index contributed by atoms with van der Waals surface area (Å²) in [5.74, 6) is 0.512. The minimum atomic E-state index is -0.210. The number of hydrogen-bond donors (Lipinski definition) is 1. The second-order valence-corrected chi connectivity index (χ2v) is 8.49. The minimum absolute atomic E-state index is 0.0956. The Morgan fingerprint density at radius 1 is 1.43 bits per heavy atom. The van der Waals surface area contributed by atoms with Crippen LogP contribution in [0.25, 0.3) is 15.9 Å². The van der Waals surface area contributed by atoms with Gasteiger partial charge in [0.25, 0.3) is 5.56 Å². The zero-order chi connectivity index (χ0) is 21.7. The fourth-order valence-corrected chi connectivity index (χ4v) is 5.06. The van der Waals surface area contributed by atoms with Crippen molar-refractivity contribution in [2.24, 2.45) is 0 Å². The number of thiophene rings is 1. The molecule has 1 amide bonds. The SMILES string of the molecule is CCc1sc2nc(SCC(=O)NCCC#N)n(-c3cccc(OC)c3)c(=O)c2c1C. The van der Waals surface area contributed by atoms with Crippen molar-refractivity contribution in [2.45, 2.75) is 31.8 Å². The lowest BCUT2D eigenvalue weighted by molar-refractivity contribution is -0.118. The fraction of sp³-hybridized carbons (Fsp3) is 0.333. The van der Waals surface area contributed by atoms with E-state index in [0.29, 0.717) is 33.4 Å². The number of methoxy groups -OCH3 is 1. The monoisotopic (exact) mass is 442 g/mol. The molecule has 156 valence electrons. The zero-order valence-corrected chi connectivity index (χ0v) is 18.7. The summed E-state index contributed by atoms with van der Waals surface area (Å²) in [5, 5.41) is 12.4. The molecule has 7 nitrogen and oxygen atoms in total. The average Bonchev–Trinajstić information content (AvgIpc) is 3.08. The first-order valence-electron chi connectivity index (χ1n) is 9.46. The number of aryl methyl sites for hydroxylation is 2. The molecule has 2 aromatic heterocycles. The maximum Gasteiger partial charge on any atom is 0.267 e. The number of nitriles is 1. The number of benzene rings is 1. The lowest BCUT2D eigenvalue weighted by Gasteiger charge is -2.13. The van der Waals surface area contributed by atoms with Gasteiger partial charge in [0.15, 0.2) is 5.16 Å². The van der Waals surface area contributed by atoms with Crippen molar-refractivity contribution in [3.8, 4) is 17.5 Å². The highest BCUT2D eigenvalue weighted by Gasteiger charge is 2.19. The van der Waals surface area contributed by atoms with Gasteiger partial charge in [-0.1, -0.05) is 24.8 Å². The zero-order valence-electron chi connectivity index (χ0n) is 17.0. The Morgan fingerprint density at radius 3 is 2.93 bits per heavy atom. The Balaban J connectivity index is 2.08. The summed E-state index contributed by atoms with van der Waals surface area (Å²) in [6.45, 7) is 4.31. The molecule has 0 spiro atoms. The molecule has 0 aliphatic rings. The third-order valence-corrected chi connectivity index (χ3v) is 6.83. The van der Waals surface area contributed by atoms with Crippen molar-refractivity contribution in [1.29, 1.82) is 5.26 Å². The van der Waals surface area contributed by atoms with Gasteiger partial charge in [0, 0.05) is 17.5 Å². The van der Waals surface area contributed by atoms with Crippen LogP contribution in [0.5, 0.6) is 5.75 Å². The molecule has 0 radical (unpaired) electrons. The lowest BCUT2D eigenvalue weighted by atomic mass is 10.2. The van der Waals surface area contributed by atoms with Gasteiger partial charge in [0.05, 0.1) is 36.4 Å². The number of nitrogens with zero attached hydrogens (tertiary/aromatic N) is 3. The van der Waals surface area contributed by atoms with Crippen molar-refractivity contribution in [2.75, 3.05) is 19.4 Å². The lowest BCUT2D eigenvalue weighted by Crippen LogP contribution is -2.27. The molecule has 0 saturated heterocycles. The third-order valence-electron chi connectivity index (χ3n) is 4.56. The van der Waals surface area contributed by atoms with Gasteiger partial charge < -0.3 is 10.1 Å². The van der Waals surface area contributed by atoms with Gasteiger partial charge in [-0.05, 0) is 31.0 Å². The van der Waals surface area contributed by atoms with Gasteiger partial charge in [-0.15, -0.1) is 11.3 Å². The smallest absolute Gasteiger partial charge is 0.267 e. The molecule has 0 unspecified atom stereocenters. The molecule has 0 bridgehead atoms. The Morgan fingerprint density at radius 2 is 2.23 bits per heavy atom. The van der Waals surface area contributed by atoms with Gasteiger partial charge in [0.1, 0.15) is 10.6 Å². The summed E-state index contributed by atoms with van der Waals surface area (Å²) in [4.78, 5) is 32.2. The molecular formula is C21H22N4O3S2. The van der Waals surface area contributed by atoms with E-state index in [0.717, 1.165) is 16.9 Å². The number of rotatable bonds is 8. The van der Waals surface area contributed by atoms with E-state index in [-0.39, 0.29) is 23.6 Å². The Hall–Kier alpha value is -2.83. The van der Waals surface area contributed by atoms with Crippen LogP contribution in [0.2, 0.25) is 0 Å². The molecule has 0 aliphatic carbocycles. The van der Waals surface area contributed by atoms with E-state index in [9.17, 15) is 9.59 Å². The van der Waals surface area contributed by atoms with E-state index in [1.54, 1.807) is 19.2 Å². The van der Waals surface area contributed by atoms with Crippen molar-refractivity contribution >= 4 is 39.2 Å². The normalized spacial score (nSPS) is 10.7. The summed E-state index contributed by atoms with van der Waals surface area (Å²) in [7, 11) is 1.57. The van der Waals surface area contributed by atoms with Crippen LogP contribution in [-0.4, -0.2) is 34.9 Å². The van der Waals surface area contributed by atoms with E-state index in [4.69, 9.17) is 15.0 Å². The van der Waals surface area contributed by atoms with E-state index in [2.05, 4.69) is 12.2 Å². The first kappa shape index (κ1) is 21.9. The first-order chi connectivity index (χ1) is 14.5. The maximum absolute atomic E-state index is 13.5. The molecule has 1 N–H and O–H groups in total. The van der Waals surface area contributed by atoms with Gasteiger partial charge >= 0.3 is 0 Å². The maximum atomic E-state index is 13.5. The number of amides is 1. The predicted octanol–water partition coefficient (Wildman–Crippen LogP) is 3.45. The van der Waals surface area contributed by atoms with Crippen LogP contribution in [0.15, 0.2) is 34.2 Å². The number of hydrogen-bond acceptors (Lipinski definition) is 7. The molecule has 1 aromatic carbocycles. The standard InChI is InChI=1S/C21H22N4O3S2/c1-4-16-13(2)18-19(30-16)24-21(29-12-17(26)23-10-6-9-22)25(20(18)27)14-7-5-8-15(11-14)28-3/h5,7-8,11H,4,6,10,12H2,1-3H3,(H,23,26). The highest BCUT2D eigenvalue weighted by atomic mass is 32.2. The van der Waals surface area contributed by atoms with Crippen molar-refractivity contribution in [3.05, 3.63) is 45.1 Å². The van der Waals surface area contributed by atoms with Crippen LogP contribution < -0.4 is 15.6 Å². The summed E-state index contributed by atoms with van der Waals surface area (Å²) in [5.41, 5.74) is 1.43. The molecule has 30 heavy (non-hydrogen) atoms. The third kappa shape index (κ3) is 4.50. The van der Waals surface area contributed by atoms with E-state index >= 15 is 0 Å². The van der Waals surface area contributed by atoms with Gasteiger partial charge in [-0.25, -0.2) is 4.98 Å². The summed E-state index contributed by atoms with van der Waals surface area (Å²) in [6, 6.07) is 9.20. The number of carbonyl (C=O) groups excluding carboxylic acids is 1.